The first-order chi connectivity index (χ1) is 15.1. The van der Waals surface area contributed by atoms with Crippen molar-refractivity contribution in [3.05, 3.63) is 70.3 Å². The first-order valence-corrected chi connectivity index (χ1v) is 10.8. The van der Waals surface area contributed by atoms with E-state index < -0.39 is 0 Å². The number of H-pyrrole nitrogens is 1. The van der Waals surface area contributed by atoms with Crippen molar-refractivity contribution in [1.82, 2.24) is 20.2 Å². The fraction of sp³-hybridized carbons (Fsp3) is 0.348. The normalized spacial score (nSPS) is 15.7. The molecule has 2 N–H and O–H groups in total. The van der Waals surface area contributed by atoms with Crippen LogP contribution in [0.5, 0.6) is 5.75 Å². The Morgan fingerprint density at radius 3 is 3.00 bits per heavy atom. The molecule has 0 amide bonds. The standard InChI is InChI=1S/C23H26N4O3S/c1-29-19-7-6-17-10-18(22(28)26-21(17)11-19)15-27(14-16-4-2-8-24-12-16)23(31)25-13-20-5-3-9-30-20/h2,4,6-8,10-12,20H,3,5,9,13-15H2,1H3,(H,25,31)(H,26,28). The molecule has 0 saturated carbocycles. The number of nitrogens with one attached hydrogen (secondary N) is 2. The SMILES string of the molecule is COc1ccc2cc(CN(Cc3cccnc3)C(=S)NCC3CCCO3)c(=O)[nH]c2c1. The van der Waals surface area contributed by atoms with Gasteiger partial charge in [-0.15, -0.1) is 0 Å². The van der Waals surface area contributed by atoms with Gasteiger partial charge in [0.15, 0.2) is 5.11 Å². The van der Waals surface area contributed by atoms with E-state index in [0.717, 1.165) is 35.9 Å². The Kier molecular flexibility index (Phi) is 6.79. The number of aromatic amines is 1. The lowest BCUT2D eigenvalue weighted by atomic mass is 10.1. The van der Waals surface area contributed by atoms with Crippen LogP contribution >= 0.6 is 12.2 Å². The minimum atomic E-state index is -0.140. The number of thiocarbonyl (C=S) groups is 1. The Morgan fingerprint density at radius 1 is 1.35 bits per heavy atom. The molecule has 3 aromatic rings. The summed E-state index contributed by atoms with van der Waals surface area (Å²) in [6.45, 7) is 2.39. The van der Waals surface area contributed by atoms with Gasteiger partial charge in [-0.2, -0.15) is 0 Å². The number of hydrogen-bond acceptors (Lipinski definition) is 5. The van der Waals surface area contributed by atoms with Gasteiger partial charge in [0.1, 0.15) is 5.75 Å². The monoisotopic (exact) mass is 438 g/mol. The summed E-state index contributed by atoms with van der Waals surface area (Å²) in [5.41, 5.74) is 2.26. The Hall–Kier alpha value is -2.97. The summed E-state index contributed by atoms with van der Waals surface area (Å²) in [7, 11) is 1.61. The van der Waals surface area contributed by atoms with Gasteiger partial charge >= 0.3 is 0 Å². The number of benzene rings is 1. The minimum Gasteiger partial charge on any atom is -0.497 e. The summed E-state index contributed by atoms with van der Waals surface area (Å²) < 4.78 is 10.9. The molecule has 7 nitrogen and oxygen atoms in total. The largest absolute Gasteiger partial charge is 0.497 e. The highest BCUT2D eigenvalue weighted by Gasteiger charge is 2.18. The van der Waals surface area contributed by atoms with Crippen molar-refractivity contribution < 1.29 is 9.47 Å². The first kappa shape index (κ1) is 21.3. The van der Waals surface area contributed by atoms with E-state index in [4.69, 9.17) is 21.7 Å². The van der Waals surface area contributed by atoms with Crippen LogP contribution in [0.1, 0.15) is 24.0 Å². The Morgan fingerprint density at radius 2 is 2.26 bits per heavy atom. The molecule has 1 unspecified atom stereocenters. The summed E-state index contributed by atoms with van der Waals surface area (Å²) >= 11 is 5.69. The van der Waals surface area contributed by atoms with Crippen LogP contribution < -0.4 is 15.6 Å². The molecule has 3 heterocycles. The average Bonchev–Trinajstić information content (AvgIpc) is 3.31. The van der Waals surface area contributed by atoms with Gasteiger partial charge < -0.3 is 24.7 Å². The molecule has 1 saturated heterocycles. The predicted octanol–water partition coefficient (Wildman–Crippen LogP) is 2.99. The molecule has 8 heteroatoms. The average molecular weight is 439 g/mol. The summed E-state index contributed by atoms with van der Waals surface area (Å²) in [6.07, 6.45) is 5.84. The third kappa shape index (κ3) is 5.39. The quantitative estimate of drug-likeness (QED) is 0.549. The lowest BCUT2D eigenvalue weighted by Crippen LogP contribution is -2.42. The molecule has 4 rings (SSSR count). The van der Waals surface area contributed by atoms with Gasteiger partial charge in [-0.1, -0.05) is 6.07 Å². The number of fused-ring (bicyclic) bond motifs is 1. The Labute approximate surface area is 186 Å². The van der Waals surface area contributed by atoms with Gasteiger partial charge in [0, 0.05) is 43.7 Å². The van der Waals surface area contributed by atoms with Crippen LogP contribution in [-0.2, 0) is 17.8 Å². The lowest BCUT2D eigenvalue weighted by molar-refractivity contribution is 0.113. The second-order valence-electron chi connectivity index (χ2n) is 7.62. The third-order valence-corrected chi connectivity index (χ3v) is 5.78. The smallest absolute Gasteiger partial charge is 0.253 e. The molecule has 1 aliphatic heterocycles. The number of aromatic nitrogens is 2. The van der Waals surface area contributed by atoms with Crippen molar-refractivity contribution in [2.75, 3.05) is 20.3 Å². The van der Waals surface area contributed by atoms with E-state index in [1.807, 2.05) is 47.5 Å². The zero-order valence-corrected chi connectivity index (χ0v) is 18.3. The molecule has 0 aliphatic carbocycles. The molecule has 0 spiro atoms. The second-order valence-corrected chi connectivity index (χ2v) is 8.00. The molecule has 1 aromatic carbocycles. The van der Waals surface area contributed by atoms with Crippen LogP contribution in [0, 0.1) is 0 Å². The van der Waals surface area contributed by atoms with Crippen LogP contribution in [0.15, 0.2) is 53.6 Å². The van der Waals surface area contributed by atoms with Gasteiger partial charge in [0.05, 0.1) is 25.3 Å². The van der Waals surface area contributed by atoms with E-state index in [2.05, 4.69) is 15.3 Å². The molecule has 2 aromatic heterocycles. The van der Waals surface area contributed by atoms with Crippen LogP contribution in [-0.4, -0.2) is 46.3 Å². The van der Waals surface area contributed by atoms with E-state index in [9.17, 15) is 4.79 Å². The minimum absolute atomic E-state index is 0.140. The number of pyridine rings is 2. The van der Waals surface area contributed by atoms with Crippen molar-refractivity contribution >= 4 is 28.2 Å². The highest BCUT2D eigenvalue weighted by atomic mass is 32.1. The highest BCUT2D eigenvalue weighted by Crippen LogP contribution is 2.19. The van der Waals surface area contributed by atoms with Gasteiger partial charge in [-0.3, -0.25) is 9.78 Å². The Bertz CT molecular complexity index is 1100. The molecular weight excluding hydrogens is 412 g/mol. The maximum absolute atomic E-state index is 12.8. The summed E-state index contributed by atoms with van der Waals surface area (Å²) in [4.78, 5) is 21.9. The van der Waals surface area contributed by atoms with Crippen molar-refractivity contribution in [3.8, 4) is 5.75 Å². The summed E-state index contributed by atoms with van der Waals surface area (Å²) in [5, 5.41) is 4.85. The summed E-state index contributed by atoms with van der Waals surface area (Å²) in [5.74, 6) is 0.702. The third-order valence-electron chi connectivity index (χ3n) is 5.38. The fourth-order valence-corrected chi connectivity index (χ4v) is 3.92. The van der Waals surface area contributed by atoms with E-state index >= 15 is 0 Å². The fourth-order valence-electron chi connectivity index (χ4n) is 3.71. The number of ether oxygens (including phenoxy) is 2. The van der Waals surface area contributed by atoms with E-state index in [1.54, 1.807) is 13.3 Å². The van der Waals surface area contributed by atoms with E-state index in [1.165, 1.54) is 0 Å². The second kappa shape index (κ2) is 9.89. The zero-order chi connectivity index (χ0) is 21.6. The first-order valence-electron chi connectivity index (χ1n) is 10.4. The number of rotatable bonds is 7. The molecule has 1 fully saturated rings. The van der Waals surface area contributed by atoms with Crippen molar-refractivity contribution in [1.29, 1.82) is 0 Å². The maximum atomic E-state index is 12.8. The highest BCUT2D eigenvalue weighted by molar-refractivity contribution is 7.80. The lowest BCUT2D eigenvalue weighted by Gasteiger charge is -2.26. The number of hydrogen-bond donors (Lipinski definition) is 2. The Balaban J connectivity index is 1.56. The van der Waals surface area contributed by atoms with Crippen LogP contribution in [0.25, 0.3) is 10.9 Å². The zero-order valence-electron chi connectivity index (χ0n) is 17.5. The molecule has 1 aliphatic rings. The topological polar surface area (TPSA) is 79.5 Å². The van der Waals surface area contributed by atoms with Crippen molar-refractivity contribution in [3.63, 3.8) is 0 Å². The molecule has 0 bridgehead atoms. The van der Waals surface area contributed by atoms with Gasteiger partial charge in [-0.25, -0.2) is 0 Å². The molecule has 1 atom stereocenters. The summed E-state index contributed by atoms with van der Waals surface area (Å²) in [6, 6.07) is 11.4. The molecule has 0 radical (unpaired) electrons. The van der Waals surface area contributed by atoms with Crippen LogP contribution in [0.4, 0.5) is 0 Å². The predicted molar refractivity (Wildman–Crippen MR) is 124 cm³/mol. The van der Waals surface area contributed by atoms with Crippen molar-refractivity contribution in [2.45, 2.75) is 32.0 Å². The number of methoxy groups -OCH3 is 1. The molecule has 31 heavy (non-hydrogen) atoms. The van der Waals surface area contributed by atoms with Gasteiger partial charge in [-0.05, 0) is 60.3 Å². The van der Waals surface area contributed by atoms with E-state index in [-0.39, 0.29) is 11.7 Å². The molecule has 162 valence electrons. The maximum Gasteiger partial charge on any atom is 0.253 e. The van der Waals surface area contributed by atoms with Crippen LogP contribution in [0.3, 0.4) is 0 Å². The molecular formula is C23H26N4O3S. The van der Waals surface area contributed by atoms with Crippen LogP contribution in [0.2, 0.25) is 0 Å². The van der Waals surface area contributed by atoms with Gasteiger partial charge in [0.25, 0.3) is 5.56 Å². The van der Waals surface area contributed by atoms with E-state index in [0.29, 0.717) is 36.1 Å². The van der Waals surface area contributed by atoms with Gasteiger partial charge in [0.2, 0.25) is 0 Å². The number of nitrogens with zero attached hydrogens (tertiary/aromatic N) is 2. The van der Waals surface area contributed by atoms with Crippen molar-refractivity contribution in [2.24, 2.45) is 0 Å².